The smallest absolute Gasteiger partial charge is 0.138 e. The lowest BCUT2D eigenvalue weighted by Gasteiger charge is -2.34. The van der Waals surface area contributed by atoms with Gasteiger partial charge >= 0.3 is 0 Å². The zero-order valence-electron chi connectivity index (χ0n) is 25.2. The van der Waals surface area contributed by atoms with Crippen LogP contribution in [0.2, 0.25) is 0 Å². The Kier molecular flexibility index (Phi) is 7.42. The topological polar surface area (TPSA) is 73.8 Å². The van der Waals surface area contributed by atoms with Gasteiger partial charge in [-0.3, -0.25) is 0 Å². The van der Waals surface area contributed by atoms with Crippen molar-refractivity contribution in [2.24, 2.45) is 0 Å². The first-order valence-electron chi connectivity index (χ1n) is 15.0. The third kappa shape index (κ3) is 5.04. The number of aromatic amines is 1. The summed E-state index contributed by atoms with van der Waals surface area (Å²) in [5.41, 5.74) is 8.66. The van der Waals surface area contributed by atoms with Crippen LogP contribution in [-0.4, -0.2) is 67.4 Å². The van der Waals surface area contributed by atoms with E-state index in [9.17, 15) is 5.11 Å². The van der Waals surface area contributed by atoms with Crippen LogP contribution in [0.1, 0.15) is 17.2 Å². The Morgan fingerprint density at radius 1 is 0.773 bits per heavy atom. The summed E-state index contributed by atoms with van der Waals surface area (Å²) in [7, 11) is 5.46. The second-order valence-electron chi connectivity index (χ2n) is 11.4. The molecule has 1 aliphatic rings. The highest BCUT2D eigenvalue weighted by molar-refractivity contribution is 6.14. The molecule has 1 unspecified atom stereocenters. The molecule has 1 aliphatic heterocycles. The molecule has 0 saturated carbocycles. The number of aliphatic hydroxyl groups excluding tert-OH is 1. The van der Waals surface area contributed by atoms with Crippen molar-refractivity contribution in [2.45, 2.75) is 6.10 Å². The molecule has 222 valence electrons. The van der Waals surface area contributed by atoms with Gasteiger partial charge < -0.3 is 29.4 Å². The summed E-state index contributed by atoms with van der Waals surface area (Å²) < 4.78 is 11.7. The van der Waals surface area contributed by atoms with Gasteiger partial charge in [-0.25, -0.2) is 4.98 Å². The SMILES string of the molecule is COc1cc(C(O)c2ccccc2)c(OC)cc1-c1ccnc2[nH]c3ccc(-c4ccc(N5CCN(C)CC5)cc4)cc3c12. The summed E-state index contributed by atoms with van der Waals surface area (Å²) in [6, 6.07) is 30.8. The van der Waals surface area contributed by atoms with Crippen molar-refractivity contribution >= 4 is 27.6 Å². The van der Waals surface area contributed by atoms with E-state index < -0.39 is 6.10 Å². The number of aromatic nitrogens is 2. The number of ether oxygens (including phenoxy) is 2. The maximum atomic E-state index is 11.3. The Morgan fingerprint density at radius 3 is 2.23 bits per heavy atom. The van der Waals surface area contributed by atoms with Crippen LogP contribution in [0.15, 0.2) is 97.2 Å². The third-order valence-corrected chi connectivity index (χ3v) is 8.81. The number of nitrogens with one attached hydrogen (secondary N) is 1. The average Bonchev–Trinajstić information content (AvgIpc) is 3.46. The molecule has 7 nitrogen and oxygen atoms in total. The number of piperazine rings is 1. The maximum absolute atomic E-state index is 11.3. The van der Waals surface area contributed by atoms with Crippen molar-refractivity contribution in [1.82, 2.24) is 14.9 Å². The molecule has 1 atom stereocenters. The van der Waals surface area contributed by atoms with Crippen LogP contribution in [0.5, 0.6) is 11.5 Å². The van der Waals surface area contributed by atoms with Crippen molar-refractivity contribution in [3.8, 4) is 33.8 Å². The first-order valence-corrected chi connectivity index (χ1v) is 15.0. The third-order valence-electron chi connectivity index (χ3n) is 8.81. The minimum absolute atomic E-state index is 0.586. The van der Waals surface area contributed by atoms with Crippen molar-refractivity contribution in [3.05, 3.63) is 108 Å². The molecule has 4 aromatic carbocycles. The van der Waals surface area contributed by atoms with Gasteiger partial charge in [0.05, 0.1) is 14.2 Å². The van der Waals surface area contributed by atoms with E-state index in [0.29, 0.717) is 17.1 Å². The van der Waals surface area contributed by atoms with E-state index in [2.05, 4.69) is 69.3 Å². The summed E-state index contributed by atoms with van der Waals surface area (Å²) >= 11 is 0. The second kappa shape index (κ2) is 11.7. The number of benzene rings is 4. The summed E-state index contributed by atoms with van der Waals surface area (Å²) in [5.74, 6) is 1.23. The van der Waals surface area contributed by atoms with Crippen LogP contribution in [0.25, 0.3) is 44.2 Å². The summed E-state index contributed by atoms with van der Waals surface area (Å²) in [6.07, 6.45) is 0.953. The number of hydrogen-bond donors (Lipinski definition) is 2. The number of likely N-dealkylation sites (N-methyl/N-ethyl adjacent to an activating group) is 1. The van der Waals surface area contributed by atoms with E-state index >= 15 is 0 Å². The number of fused-ring (bicyclic) bond motifs is 3. The Morgan fingerprint density at radius 2 is 1.50 bits per heavy atom. The lowest BCUT2D eigenvalue weighted by Crippen LogP contribution is -2.44. The standard InChI is InChI=1S/C37H36N4O3/c1-40-17-19-41(20-18-40)27-12-9-24(10-13-27)26-11-14-32-30(21-26)35-28(15-16-38-37(35)39-32)29-22-34(44-3)31(23-33(29)43-2)36(42)25-7-5-4-6-8-25/h4-16,21-23,36,42H,17-20H2,1-3H3,(H,38,39). The van der Waals surface area contributed by atoms with Crippen LogP contribution in [0.3, 0.4) is 0 Å². The summed E-state index contributed by atoms with van der Waals surface area (Å²) in [4.78, 5) is 13.0. The minimum atomic E-state index is -0.857. The predicted molar refractivity (Wildman–Crippen MR) is 178 cm³/mol. The Labute approximate surface area is 257 Å². The van der Waals surface area contributed by atoms with Crippen molar-refractivity contribution in [3.63, 3.8) is 0 Å². The highest BCUT2D eigenvalue weighted by Gasteiger charge is 2.22. The van der Waals surface area contributed by atoms with Crippen molar-refractivity contribution in [1.29, 1.82) is 0 Å². The fourth-order valence-electron chi connectivity index (χ4n) is 6.31. The van der Waals surface area contributed by atoms with Crippen LogP contribution in [0.4, 0.5) is 5.69 Å². The van der Waals surface area contributed by atoms with Gasteiger partial charge in [0.1, 0.15) is 23.3 Å². The van der Waals surface area contributed by atoms with Crippen LogP contribution < -0.4 is 14.4 Å². The van der Waals surface area contributed by atoms with Gasteiger partial charge in [-0.15, -0.1) is 0 Å². The number of hydrogen-bond acceptors (Lipinski definition) is 6. The average molecular weight is 585 g/mol. The molecule has 1 fully saturated rings. The van der Waals surface area contributed by atoms with Crippen molar-refractivity contribution in [2.75, 3.05) is 52.3 Å². The zero-order chi connectivity index (χ0) is 30.2. The lowest BCUT2D eigenvalue weighted by atomic mass is 9.94. The molecule has 2 aromatic heterocycles. The van der Waals surface area contributed by atoms with E-state index in [1.807, 2.05) is 54.7 Å². The Bertz CT molecular complexity index is 1930. The second-order valence-corrected chi connectivity index (χ2v) is 11.4. The first kappa shape index (κ1) is 28.0. The zero-order valence-corrected chi connectivity index (χ0v) is 25.2. The Balaban J connectivity index is 1.31. The number of nitrogens with zero attached hydrogens (tertiary/aromatic N) is 3. The van der Waals surface area contributed by atoms with Crippen molar-refractivity contribution < 1.29 is 14.6 Å². The molecular formula is C37H36N4O3. The number of aliphatic hydroxyl groups is 1. The normalized spacial score (nSPS) is 14.7. The monoisotopic (exact) mass is 584 g/mol. The molecule has 7 rings (SSSR count). The number of methoxy groups -OCH3 is 2. The van der Waals surface area contributed by atoms with Gasteiger partial charge in [0.2, 0.25) is 0 Å². The molecule has 1 saturated heterocycles. The largest absolute Gasteiger partial charge is 0.496 e. The van der Waals surface area contributed by atoms with E-state index in [0.717, 1.165) is 70.4 Å². The number of anilines is 1. The van der Waals surface area contributed by atoms with Gasteiger partial charge in [-0.1, -0.05) is 48.5 Å². The molecular weight excluding hydrogens is 548 g/mol. The van der Waals surface area contributed by atoms with Gasteiger partial charge in [-0.2, -0.15) is 0 Å². The van der Waals surface area contributed by atoms with E-state index in [1.54, 1.807) is 14.2 Å². The highest BCUT2D eigenvalue weighted by atomic mass is 16.5. The molecule has 0 bridgehead atoms. The van der Waals surface area contributed by atoms with Crippen LogP contribution >= 0.6 is 0 Å². The highest BCUT2D eigenvalue weighted by Crippen LogP contribution is 2.44. The minimum Gasteiger partial charge on any atom is -0.496 e. The Hall–Kier alpha value is -4.85. The first-order chi connectivity index (χ1) is 21.5. The quantitative estimate of drug-likeness (QED) is 0.213. The van der Waals surface area contributed by atoms with Gasteiger partial charge in [-0.05, 0) is 71.8 Å². The van der Waals surface area contributed by atoms with Crippen LogP contribution in [0, 0.1) is 0 Å². The van der Waals surface area contributed by atoms with Gasteiger partial charge in [0.15, 0.2) is 0 Å². The molecule has 0 spiro atoms. The molecule has 6 aromatic rings. The lowest BCUT2D eigenvalue weighted by molar-refractivity contribution is 0.214. The maximum Gasteiger partial charge on any atom is 0.138 e. The molecule has 0 amide bonds. The van der Waals surface area contributed by atoms with E-state index in [4.69, 9.17) is 9.47 Å². The van der Waals surface area contributed by atoms with Crippen LogP contribution in [-0.2, 0) is 0 Å². The van der Waals surface area contributed by atoms with E-state index in [-0.39, 0.29) is 0 Å². The number of H-pyrrole nitrogens is 1. The van der Waals surface area contributed by atoms with Gasteiger partial charge in [0, 0.05) is 65.5 Å². The molecule has 0 aliphatic carbocycles. The molecule has 3 heterocycles. The van der Waals surface area contributed by atoms with Gasteiger partial charge in [0.25, 0.3) is 0 Å². The summed E-state index contributed by atoms with van der Waals surface area (Å²) in [6.45, 7) is 4.27. The number of pyridine rings is 1. The molecule has 0 radical (unpaired) electrons. The number of rotatable bonds is 7. The van der Waals surface area contributed by atoms with E-state index in [1.165, 1.54) is 11.3 Å². The fraction of sp³-hybridized carbons (Fsp3) is 0.216. The predicted octanol–water partition coefficient (Wildman–Crippen LogP) is 6.90. The molecule has 7 heteroatoms. The fourth-order valence-corrected chi connectivity index (χ4v) is 6.31. The molecule has 2 N–H and O–H groups in total. The summed E-state index contributed by atoms with van der Waals surface area (Å²) in [5, 5.41) is 13.3. The molecule has 44 heavy (non-hydrogen) atoms.